The van der Waals surface area contributed by atoms with Crippen LogP contribution in [0.1, 0.15) is 24.2 Å². The molecule has 128 valence electrons. The summed E-state index contributed by atoms with van der Waals surface area (Å²) in [5.41, 5.74) is 0.297. The molecule has 1 aliphatic heterocycles. The molecule has 1 amide bonds. The van der Waals surface area contributed by atoms with E-state index in [2.05, 4.69) is 11.8 Å². The normalized spacial score (nSPS) is 17.1. The third-order valence-corrected chi connectivity index (χ3v) is 4.12. The second kappa shape index (κ2) is 8.26. The largest absolute Gasteiger partial charge is 0.490 e. The average molecular weight is 324 g/mol. The fourth-order valence-corrected chi connectivity index (χ4v) is 2.85. The molecule has 0 unspecified atom stereocenters. The van der Waals surface area contributed by atoms with Gasteiger partial charge >= 0.3 is 0 Å². The highest BCUT2D eigenvalue weighted by atomic mass is 19.1. The molecule has 0 saturated carbocycles. The summed E-state index contributed by atoms with van der Waals surface area (Å²) in [6.07, 6.45) is 0. The van der Waals surface area contributed by atoms with Crippen LogP contribution in [0, 0.1) is 5.82 Å². The third kappa shape index (κ3) is 4.20. The second-order valence-electron chi connectivity index (χ2n) is 5.68. The zero-order chi connectivity index (χ0) is 16.8. The van der Waals surface area contributed by atoms with Crippen LogP contribution in [-0.4, -0.2) is 68.3 Å². The lowest BCUT2D eigenvalue weighted by Gasteiger charge is -2.38. The van der Waals surface area contributed by atoms with E-state index >= 15 is 0 Å². The topological polar surface area (TPSA) is 42.0 Å². The van der Waals surface area contributed by atoms with E-state index in [1.807, 2.05) is 0 Å². The zero-order valence-corrected chi connectivity index (χ0v) is 14.0. The van der Waals surface area contributed by atoms with Crippen LogP contribution in [-0.2, 0) is 4.74 Å². The maximum atomic E-state index is 13.9. The van der Waals surface area contributed by atoms with E-state index in [9.17, 15) is 9.18 Å². The predicted molar refractivity (Wildman–Crippen MR) is 86.4 cm³/mol. The van der Waals surface area contributed by atoms with Crippen molar-refractivity contribution >= 4 is 5.91 Å². The summed E-state index contributed by atoms with van der Waals surface area (Å²) in [5, 5.41) is 0. The minimum absolute atomic E-state index is 0.0511. The van der Waals surface area contributed by atoms with Crippen molar-refractivity contribution in [3.63, 3.8) is 0 Å². The Morgan fingerprint density at radius 1 is 1.30 bits per heavy atom. The summed E-state index contributed by atoms with van der Waals surface area (Å²) in [6.45, 7) is 7.70. The molecule has 0 spiro atoms. The van der Waals surface area contributed by atoms with Crippen molar-refractivity contribution in [1.29, 1.82) is 0 Å². The van der Waals surface area contributed by atoms with Crippen LogP contribution in [0.3, 0.4) is 0 Å². The number of halogens is 1. The summed E-state index contributed by atoms with van der Waals surface area (Å²) in [7, 11) is 1.69. The average Bonchev–Trinajstić information content (AvgIpc) is 2.56. The van der Waals surface area contributed by atoms with Crippen LogP contribution in [0.4, 0.5) is 4.39 Å². The number of rotatable bonds is 6. The lowest BCUT2D eigenvalue weighted by molar-refractivity contribution is 0.0446. The van der Waals surface area contributed by atoms with Gasteiger partial charge in [-0.2, -0.15) is 0 Å². The number of ether oxygens (including phenoxy) is 2. The number of hydrogen-bond donors (Lipinski definition) is 0. The Balaban J connectivity index is 2.04. The van der Waals surface area contributed by atoms with Gasteiger partial charge in [0.1, 0.15) is 0 Å². The summed E-state index contributed by atoms with van der Waals surface area (Å²) < 4.78 is 24.4. The molecule has 5 nitrogen and oxygen atoms in total. The number of piperazine rings is 1. The van der Waals surface area contributed by atoms with Gasteiger partial charge < -0.3 is 14.4 Å². The van der Waals surface area contributed by atoms with Gasteiger partial charge in [-0.25, -0.2) is 4.39 Å². The van der Waals surface area contributed by atoms with Crippen molar-refractivity contribution < 1.29 is 18.7 Å². The van der Waals surface area contributed by atoms with Crippen LogP contribution in [0.15, 0.2) is 18.2 Å². The number of amides is 1. The summed E-state index contributed by atoms with van der Waals surface area (Å²) in [6, 6.07) is 4.80. The quantitative estimate of drug-likeness (QED) is 0.803. The lowest BCUT2D eigenvalue weighted by atomic mass is 10.1. The molecular formula is C17H25FN2O3. The highest BCUT2D eigenvalue weighted by Gasteiger charge is 2.27. The maximum Gasteiger partial charge on any atom is 0.257 e. The molecule has 0 N–H and O–H groups in total. The molecule has 0 radical (unpaired) electrons. The number of para-hydroxylation sites is 1. The molecule has 6 heteroatoms. The third-order valence-electron chi connectivity index (χ3n) is 4.12. The van der Waals surface area contributed by atoms with Crippen LogP contribution in [0.25, 0.3) is 0 Å². The maximum absolute atomic E-state index is 13.9. The van der Waals surface area contributed by atoms with E-state index in [1.165, 1.54) is 6.07 Å². The number of nitrogens with zero attached hydrogens (tertiary/aromatic N) is 2. The number of methoxy groups -OCH3 is 1. The van der Waals surface area contributed by atoms with E-state index in [-0.39, 0.29) is 11.7 Å². The molecule has 0 aliphatic carbocycles. The van der Waals surface area contributed by atoms with Crippen molar-refractivity contribution in [3.05, 3.63) is 29.6 Å². The van der Waals surface area contributed by atoms with Crippen molar-refractivity contribution in [2.75, 3.05) is 46.5 Å². The molecule has 0 aromatic heterocycles. The van der Waals surface area contributed by atoms with Crippen molar-refractivity contribution in [2.45, 2.75) is 19.9 Å². The molecule has 1 heterocycles. The first-order valence-electron chi connectivity index (χ1n) is 8.02. The Labute approximate surface area is 137 Å². The van der Waals surface area contributed by atoms with E-state index in [1.54, 1.807) is 31.1 Å². The zero-order valence-electron chi connectivity index (χ0n) is 14.0. The van der Waals surface area contributed by atoms with Gasteiger partial charge in [-0.05, 0) is 26.0 Å². The van der Waals surface area contributed by atoms with Gasteiger partial charge in [0.2, 0.25) is 0 Å². The van der Waals surface area contributed by atoms with Gasteiger partial charge in [0, 0.05) is 39.3 Å². The molecule has 0 bridgehead atoms. The first kappa shape index (κ1) is 17.7. The standard InChI is InChI=1S/C17H25FN2O3/c1-4-23-16-14(6-5-7-15(16)18)17(21)20-10-8-19(9-11-20)13(2)12-22-3/h5-7,13H,4,8-12H2,1-3H3/t13-/m1/s1. The summed E-state index contributed by atoms with van der Waals surface area (Å²) in [5.74, 6) is -0.618. The molecule has 1 saturated heterocycles. The number of carbonyl (C=O) groups is 1. The Morgan fingerprint density at radius 2 is 2.00 bits per heavy atom. The lowest BCUT2D eigenvalue weighted by Crippen LogP contribution is -2.52. The molecule has 1 aromatic carbocycles. The minimum Gasteiger partial charge on any atom is -0.490 e. The SMILES string of the molecule is CCOc1c(F)cccc1C(=O)N1CCN([C@H](C)COC)CC1. The molecule has 1 aromatic rings. The summed E-state index contributed by atoms with van der Waals surface area (Å²) in [4.78, 5) is 16.7. The molecule has 1 fully saturated rings. The Kier molecular flexibility index (Phi) is 6.36. The molecule has 23 heavy (non-hydrogen) atoms. The van der Waals surface area contributed by atoms with Crippen LogP contribution in [0.2, 0.25) is 0 Å². The van der Waals surface area contributed by atoms with Gasteiger partial charge in [0.25, 0.3) is 5.91 Å². The van der Waals surface area contributed by atoms with Crippen LogP contribution < -0.4 is 4.74 Å². The van der Waals surface area contributed by atoms with E-state index in [0.717, 1.165) is 13.1 Å². The van der Waals surface area contributed by atoms with Crippen LogP contribution in [0.5, 0.6) is 5.75 Å². The Bertz CT molecular complexity index is 531. The Hall–Kier alpha value is -1.66. The molecule has 1 aliphatic rings. The molecular weight excluding hydrogens is 299 g/mol. The number of hydrogen-bond acceptors (Lipinski definition) is 4. The highest BCUT2D eigenvalue weighted by Crippen LogP contribution is 2.24. The monoisotopic (exact) mass is 324 g/mol. The highest BCUT2D eigenvalue weighted by molar-refractivity contribution is 5.97. The van der Waals surface area contributed by atoms with Gasteiger partial charge in [-0.15, -0.1) is 0 Å². The minimum atomic E-state index is -0.495. The fraction of sp³-hybridized carbons (Fsp3) is 0.588. The van der Waals surface area contributed by atoms with Crippen LogP contribution >= 0.6 is 0 Å². The molecule has 2 rings (SSSR count). The van der Waals surface area contributed by atoms with E-state index in [4.69, 9.17) is 9.47 Å². The van der Waals surface area contributed by atoms with Crippen molar-refractivity contribution in [1.82, 2.24) is 9.80 Å². The molecule has 1 atom stereocenters. The Morgan fingerprint density at radius 3 is 2.61 bits per heavy atom. The first-order chi connectivity index (χ1) is 11.1. The summed E-state index contributed by atoms with van der Waals surface area (Å²) >= 11 is 0. The predicted octanol–water partition coefficient (Wildman–Crippen LogP) is 2.02. The van der Waals surface area contributed by atoms with Gasteiger partial charge in [0.15, 0.2) is 11.6 Å². The second-order valence-corrected chi connectivity index (χ2v) is 5.68. The van der Waals surface area contributed by atoms with Gasteiger partial charge in [-0.3, -0.25) is 9.69 Å². The van der Waals surface area contributed by atoms with E-state index in [0.29, 0.717) is 37.9 Å². The van der Waals surface area contributed by atoms with E-state index < -0.39 is 5.82 Å². The number of benzene rings is 1. The first-order valence-corrected chi connectivity index (χ1v) is 8.02. The van der Waals surface area contributed by atoms with Gasteiger partial charge in [-0.1, -0.05) is 6.07 Å². The fourth-order valence-electron chi connectivity index (χ4n) is 2.85. The van der Waals surface area contributed by atoms with Crippen molar-refractivity contribution in [2.24, 2.45) is 0 Å². The smallest absolute Gasteiger partial charge is 0.257 e. The number of carbonyl (C=O) groups excluding carboxylic acids is 1. The van der Waals surface area contributed by atoms with Gasteiger partial charge in [0.05, 0.1) is 18.8 Å². The van der Waals surface area contributed by atoms with Crippen molar-refractivity contribution in [3.8, 4) is 5.75 Å².